The van der Waals surface area contributed by atoms with Crippen molar-refractivity contribution >= 4 is 5.82 Å². The van der Waals surface area contributed by atoms with Gasteiger partial charge in [-0.05, 0) is 17.7 Å². The van der Waals surface area contributed by atoms with Gasteiger partial charge in [0.1, 0.15) is 11.9 Å². The molecule has 2 heterocycles. The van der Waals surface area contributed by atoms with Crippen LogP contribution in [0.5, 0.6) is 0 Å². The van der Waals surface area contributed by atoms with E-state index in [4.69, 9.17) is 10.00 Å². The van der Waals surface area contributed by atoms with Crippen molar-refractivity contribution in [2.75, 3.05) is 31.6 Å². The van der Waals surface area contributed by atoms with Crippen molar-refractivity contribution in [1.29, 1.82) is 5.26 Å². The van der Waals surface area contributed by atoms with Crippen LogP contribution in [0.25, 0.3) is 0 Å². The van der Waals surface area contributed by atoms with Gasteiger partial charge in [-0.15, -0.1) is 0 Å². The maximum Gasteiger partial charge on any atom is 0.143 e. The third-order valence-corrected chi connectivity index (χ3v) is 3.90. The summed E-state index contributed by atoms with van der Waals surface area (Å²) in [6.07, 6.45) is 1.79. The summed E-state index contributed by atoms with van der Waals surface area (Å²) in [7, 11) is 0. The number of nitrogens with one attached hydrogen (secondary N) is 1. The molecule has 5 heteroatoms. The van der Waals surface area contributed by atoms with E-state index < -0.39 is 0 Å². The van der Waals surface area contributed by atoms with Gasteiger partial charge in [0.15, 0.2) is 0 Å². The average Bonchev–Trinajstić information content (AvgIpc) is 2.61. The minimum atomic E-state index is 0.0982. The number of hydrogen-bond donors (Lipinski definition) is 1. The average molecular weight is 308 g/mol. The van der Waals surface area contributed by atoms with Crippen LogP contribution in [-0.4, -0.2) is 42.2 Å². The van der Waals surface area contributed by atoms with Crippen molar-refractivity contribution in [3.05, 3.63) is 59.8 Å². The summed E-state index contributed by atoms with van der Waals surface area (Å²) in [6.45, 7) is 4.13. The Bertz CT molecular complexity index is 668. The highest BCUT2D eigenvalue weighted by atomic mass is 16.5. The Hall–Kier alpha value is -2.42. The second-order valence-electron chi connectivity index (χ2n) is 5.61. The van der Waals surface area contributed by atoms with Crippen LogP contribution in [0.2, 0.25) is 0 Å². The van der Waals surface area contributed by atoms with E-state index in [-0.39, 0.29) is 6.10 Å². The molecule has 0 amide bonds. The van der Waals surface area contributed by atoms with Crippen molar-refractivity contribution in [3.8, 4) is 6.07 Å². The van der Waals surface area contributed by atoms with Gasteiger partial charge < -0.3 is 10.1 Å². The molecule has 1 unspecified atom stereocenters. The highest BCUT2D eigenvalue weighted by Gasteiger charge is 2.20. The lowest BCUT2D eigenvalue weighted by molar-refractivity contribution is -0.0240. The first-order valence-corrected chi connectivity index (χ1v) is 7.82. The van der Waals surface area contributed by atoms with Crippen LogP contribution in [0.15, 0.2) is 48.7 Å². The predicted molar refractivity (Wildman–Crippen MR) is 88.9 cm³/mol. The lowest BCUT2D eigenvalue weighted by atomic mass is 10.2. The van der Waals surface area contributed by atoms with Crippen LogP contribution in [0.4, 0.5) is 5.82 Å². The highest BCUT2D eigenvalue weighted by Crippen LogP contribution is 2.13. The summed E-state index contributed by atoms with van der Waals surface area (Å²) in [5.74, 6) is 0.624. The number of aromatic nitrogens is 1. The third kappa shape index (κ3) is 4.28. The maximum atomic E-state index is 9.09. The summed E-state index contributed by atoms with van der Waals surface area (Å²) >= 11 is 0. The second-order valence-corrected chi connectivity index (χ2v) is 5.61. The minimum absolute atomic E-state index is 0.0982. The number of pyridine rings is 1. The fourth-order valence-electron chi connectivity index (χ4n) is 2.74. The molecule has 23 heavy (non-hydrogen) atoms. The zero-order chi connectivity index (χ0) is 15.9. The quantitative estimate of drug-likeness (QED) is 0.918. The van der Waals surface area contributed by atoms with E-state index in [0.717, 1.165) is 26.2 Å². The van der Waals surface area contributed by atoms with Crippen molar-refractivity contribution < 1.29 is 4.74 Å². The molecule has 0 aliphatic carbocycles. The smallest absolute Gasteiger partial charge is 0.143 e. The first-order valence-electron chi connectivity index (χ1n) is 7.82. The summed E-state index contributed by atoms with van der Waals surface area (Å²) in [4.78, 5) is 6.62. The molecule has 1 fully saturated rings. The molecule has 5 nitrogen and oxygen atoms in total. The monoisotopic (exact) mass is 308 g/mol. The van der Waals surface area contributed by atoms with Gasteiger partial charge >= 0.3 is 0 Å². The first-order chi connectivity index (χ1) is 11.3. The van der Waals surface area contributed by atoms with Crippen LogP contribution < -0.4 is 5.32 Å². The molecule has 3 rings (SSSR count). The molecule has 0 spiro atoms. The molecule has 1 aliphatic rings. The topological polar surface area (TPSA) is 61.2 Å². The Labute approximate surface area is 136 Å². The Morgan fingerprint density at radius 1 is 1.26 bits per heavy atom. The molecule has 2 aromatic rings. The summed E-state index contributed by atoms with van der Waals surface area (Å²) < 4.78 is 5.83. The fourth-order valence-corrected chi connectivity index (χ4v) is 2.74. The van der Waals surface area contributed by atoms with E-state index in [1.807, 2.05) is 6.07 Å². The summed E-state index contributed by atoms with van der Waals surface area (Å²) in [6, 6.07) is 16.1. The van der Waals surface area contributed by atoms with Crippen molar-refractivity contribution in [3.63, 3.8) is 0 Å². The van der Waals surface area contributed by atoms with Gasteiger partial charge in [-0.3, -0.25) is 4.90 Å². The van der Waals surface area contributed by atoms with Crippen molar-refractivity contribution in [2.24, 2.45) is 0 Å². The third-order valence-electron chi connectivity index (χ3n) is 3.90. The number of ether oxygens (including phenoxy) is 1. The van der Waals surface area contributed by atoms with Crippen LogP contribution >= 0.6 is 0 Å². The van der Waals surface area contributed by atoms with E-state index in [1.54, 1.807) is 18.3 Å². The molecule has 1 aliphatic heterocycles. The number of anilines is 1. The standard InChI is InChI=1S/C18H20N4O/c19-11-16-7-4-8-20-18(16)21-12-17-14-22(9-10-23-17)13-15-5-2-1-3-6-15/h1-8,17H,9-10,12-14H2,(H,20,21). The Morgan fingerprint density at radius 3 is 2.96 bits per heavy atom. The van der Waals surface area contributed by atoms with Gasteiger partial charge in [0.05, 0.1) is 18.3 Å². The lowest BCUT2D eigenvalue weighted by Gasteiger charge is -2.33. The van der Waals surface area contributed by atoms with Crippen molar-refractivity contribution in [2.45, 2.75) is 12.6 Å². The van der Waals surface area contributed by atoms with Gasteiger partial charge in [-0.25, -0.2) is 4.98 Å². The van der Waals surface area contributed by atoms with Crippen LogP contribution in [-0.2, 0) is 11.3 Å². The van der Waals surface area contributed by atoms with E-state index in [9.17, 15) is 0 Å². The number of nitrogens with zero attached hydrogens (tertiary/aromatic N) is 3. The number of benzene rings is 1. The molecule has 1 saturated heterocycles. The lowest BCUT2D eigenvalue weighted by Crippen LogP contribution is -2.44. The maximum absolute atomic E-state index is 9.09. The highest BCUT2D eigenvalue weighted by molar-refractivity contribution is 5.51. The van der Waals surface area contributed by atoms with E-state index >= 15 is 0 Å². The first kappa shape index (κ1) is 15.5. The van der Waals surface area contributed by atoms with E-state index in [0.29, 0.717) is 17.9 Å². The molecule has 0 bridgehead atoms. The fraction of sp³-hybridized carbons (Fsp3) is 0.333. The summed E-state index contributed by atoms with van der Waals surface area (Å²) in [5.41, 5.74) is 1.88. The van der Waals surface area contributed by atoms with Crippen LogP contribution in [0.1, 0.15) is 11.1 Å². The number of hydrogen-bond acceptors (Lipinski definition) is 5. The molecule has 1 aromatic heterocycles. The molecule has 1 N–H and O–H groups in total. The minimum Gasteiger partial charge on any atom is -0.374 e. The zero-order valence-electron chi connectivity index (χ0n) is 13.0. The van der Waals surface area contributed by atoms with Gasteiger partial charge in [0, 0.05) is 32.4 Å². The van der Waals surface area contributed by atoms with Gasteiger partial charge in [0.25, 0.3) is 0 Å². The zero-order valence-corrected chi connectivity index (χ0v) is 13.0. The number of nitriles is 1. The largest absolute Gasteiger partial charge is 0.374 e. The Morgan fingerprint density at radius 2 is 2.13 bits per heavy atom. The van der Waals surface area contributed by atoms with Gasteiger partial charge in [-0.2, -0.15) is 5.26 Å². The number of rotatable bonds is 5. The van der Waals surface area contributed by atoms with Crippen LogP contribution in [0.3, 0.4) is 0 Å². The second kappa shape index (κ2) is 7.73. The normalized spacial score (nSPS) is 18.3. The Balaban J connectivity index is 1.54. The molecule has 118 valence electrons. The molecule has 0 radical (unpaired) electrons. The molecule has 0 saturated carbocycles. The molecular formula is C18H20N4O. The van der Waals surface area contributed by atoms with Gasteiger partial charge in [0.2, 0.25) is 0 Å². The van der Waals surface area contributed by atoms with Gasteiger partial charge in [-0.1, -0.05) is 30.3 Å². The molecule has 1 atom stereocenters. The summed E-state index contributed by atoms with van der Waals surface area (Å²) in [5, 5.41) is 12.3. The molecule has 1 aromatic carbocycles. The SMILES string of the molecule is N#Cc1cccnc1NCC1CN(Cc2ccccc2)CCO1. The predicted octanol–water partition coefficient (Wildman–Crippen LogP) is 2.27. The Kier molecular flexibility index (Phi) is 5.20. The van der Waals surface area contributed by atoms with Crippen molar-refractivity contribution in [1.82, 2.24) is 9.88 Å². The number of morpholine rings is 1. The van der Waals surface area contributed by atoms with Crippen LogP contribution in [0, 0.1) is 11.3 Å². The van der Waals surface area contributed by atoms with E-state index in [2.05, 4.69) is 45.5 Å². The van der Waals surface area contributed by atoms with E-state index in [1.165, 1.54) is 5.56 Å². The molecular weight excluding hydrogens is 288 g/mol.